The number of carboxylic acid groups (broad SMARTS) is 1. The monoisotopic (exact) mass is 288 g/mol. The largest absolute Gasteiger partial charge is 0.480 e. The first-order valence-electron chi connectivity index (χ1n) is 6.24. The highest BCUT2D eigenvalue weighted by Gasteiger charge is 2.21. The standard InChI is InChI=1S/C15H13FN2O3/c16-12-5-3-10(4-6-12)8-13(15(20)21)18-14(19)11-2-1-7-17-9-11/h1-7,9,13H,8H2,(H,18,19)(H,20,21)/t13-/m0/s1. The highest BCUT2D eigenvalue weighted by Crippen LogP contribution is 2.07. The van der Waals surface area contributed by atoms with Crippen molar-refractivity contribution in [1.82, 2.24) is 10.3 Å². The second-order valence-electron chi connectivity index (χ2n) is 4.44. The minimum absolute atomic E-state index is 0.0710. The fraction of sp³-hybridized carbons (Fsp3) is 0.133. The first-order valence-corrected chi connectivity index (χ1v) is 6.24. The molecule has 0 radical (unpaired) electrons. The van der Waals surface area contributed by atoms with E-state index in [1.807, 2.05) is 0 Å². The van der Waals surface area contributed by atoms with Gasteiger partial charge in [-0.3, -0.25) is 9.78 Å². The molecule has 0 unspecified atom stereocenters. The molecule has 0 aliphatic heterocycles. The van der Waals surface area contributed by atoms with Crippen LogP contribution in [-0.2, 0) is 11.2 Å². The van der Waals surface area contributed by atoms with Crippen LogP contribution in [0.1, 0.15) is 15.9 Å². The van der Waals surface area contributed by atoms with Gasteiger partial charge in [-0.1, -0.05) is 12.1 Å². The predicted octanol–water partition coefficient (Wildman–Crippen LogP) is 1.65. The fourth-order valence-electron chi connectivity index (χ4n) is 1.79. The minimum Gasteiger partial charge on any atom is -0.480 e. The Morgan fingerprint density at radius 3 is 2.52 bits per heavy atom. The quantitative estimate of drug-likeness (QED) is 0.876. The van der Waals surface area contributed by atoms with Crippen molar-refractivity contribution in [2.75, 3.05) is 0 Å². The zero-order valence-electron chi connectivity index (χ0n) is 11.0. The number of halogens is 1. The third-order valence-corrected chi connectivity index (χ3v) is 2.88. The number of hydrogen-bond acceptors (Lipinski definition) is 3. The average Bonchev–Trinajstić information content (AvgIpc) is 2.49. The lowest BCUT2D eigenvalue weighted by molar-refractivity contribution is -0.139. The van der Waals surface area contributed by atoms with E-state index in [9.17, 15) is 19.1 Å². The van der Waals surface area contributed by atoms with Gasteiger partial charge < -0.3 is 10.4 Å². The van der Waals surface area contributed by atoms with Crippen LogP contribution in [0.4, 0.5) is 4.39 Å². The number of benzene rings is 1. The minimum atomic E-state index is -1.16. The molecular weight excluding hydrogens is 275 g/mol. The van der Waals surface area contributed by atoms with E-state index in [1.165, 1.54) is 36.7 Å². The van der Waals surface area contributed by atoms with Crippen LogP contribution >= 0.6 is 0 Å². The lowest BCUT2D eigenvalue weighted by Crippen LogP contribution is -2.42. The molecule has 1 amide bonds. The van der Waals surface area contributed by atoms with Gasteiger partial charge in [-0.15, -0.1) is 0 Å². The van der Waals surface area contributed by atoms with Crippen molar-refractivity contribution in [2.45, 2.75) is 12.5 Å². The first kappa shape index (κ1) is 14.6. The van der Waals surface area contributed by atoms with Gasteiger partial charge in [0.15, 0.2) is 0 Å². The van der Waals surface area contributed by atoms with Gasteiger partial charge >= 0.3 is 5.97 Å². The second kappa shape index (κ2) is 6.60. The Hall–Kier alpha value is -2.76. The molecule has 2 N–H and O–H groups in total. The van der Waals surface area contributed by atoms with E-state index in [0.29, 0.717) is 5.56 Å². The summed E-state index contributed by atoms with van der Waals surface area (Å²) in [6.45, 7) is 0. The SMILES string of the molecule is O=C(N[C@@H](Cc1ccc(F)cc1)C(=O)O)c1cccnc1. The van der Waals surface area contributed by atoms with Gasteiger partial charge in [-0.25, -0.2) is 9.18 Å². The molecule has 1 aromatic heterocycles. The van der Waals surface area contributed by atoms with Crippen LogP contribution in [-0.4, -0.2) is 28.0 Å². The summed E-state index contributed by atoms with van der Waals surface area (Å²) in [7, 11) is 0. The van der Waals surface area contributed by atoms with Crippen molar-refractivity contribution in [2.24, 2.45) is 0 Å². The Morgan fingerprint density at radius 2 is 1.95 bits per heavy atom. The maximum atomic E-state index is 12.8. The van der Waals surface area contributed by atoms with Crippen molar-refractivity contribution < 1.29 is 19.1 Å². The maximum absolute atomic E-state index is 12.8. The van der Waals surface area contributed by atoms with Gasteiger partial charge in [0.25, 0.3) is 5.91 Å². The van der Waals surface area contributed by atoms with Crippen molar-refractivity contribution >= 4 is 11.9 Å². The van der Waals surface area contributed by atoms with Crippen molar-refractivity contribution in [3.8, 4) is 0 Å². The van der Waals surface area contributed by atoms with Crippen molar-refractivity contribution in [3.63, 3.8) is 0 Å². The number of carbonyl (C=O) groups is 2. The molecule has 0 saturated heterocycles. The maximum Gasteiger partial charge on any atom is 0.326 e. The van der Waals surface area contributed by atoms with Crippen LogP contribution in [0.3, 0.4) is 0 Å². The van der Waals surface area contributed by atoms with Crippen LogP contribution in [0.2, 0.25) is 0 Å². The number of nitrogens with one attached hydrogen (secondary N) is 1. The van der Waals surface area contributed by atoms with E-state index in [4.69, 9.17) is 0 Å². The van der Waals surface area contributed by atoms with Gasteiger partial charge in [0.05, 0.1) is 5.56 Å². The van der Waals surface area contributed by atoms with E-state index < -0.39 is 23.7 Å². The van der Waals surface area contributed by atoms with Gasteiger partial charge in [0.2, 0.25) is 0 Å². The molecule has 0 spiro atoms. The van der Waals surface area contributed by atoms with E-state index >= 15 is 0 Å². The summed E-state index contributed by atoms with van der Waals surface area (Å²) >= 11 is 0. The van der Waals surface area contributed by atoms with Crippen LogP contribution in [0, 0.1) is 5.82 Å². The zero-order valence-corrected chi connectivity index (χ0v) is 11.0. The van der Waals surface area contributed by atoms with E-state index in [0.717, 1.165) is 0 Å². The number of aromatic nitrogens is 1. The number of amides is 1. The molecule has 6 heteroatoms. The molecule has 2 aromatic rings. The van der Waals surface area contributed by atoms with Crippen molar-refractivity contribution in [3.05, 3.63) is 65.7 Å². The molecule has 1 atom stereocenters. The Morgan fingerprint density at radius 1 is 1.24 bits per heavy atom. The second-order valence-corrected chi connectivity index (χ2v) is 4.44. The van der Waals surface area contributed by atoms with E-state index in [1.54, 1.807) is 12.1 Å². The topological polar surface area (TPSA) is 79.3 Å². The molecule has 1 heterocycles. The lowest BCUT2D eigenvalue weighted by atomic mass is 10.1. The molecule has 1 aromatic carbocycles. The number of carbonyl (C=O) groups excluding carboxylic acids is 1. The number of pyridine rings is 1. The smallest absolute Gasteiger partial charge is 0.326 e. The third-order valence-electron chi connectivity index (χ3n) is 2.88. The van der Waals surface area contributed by atoms with E-state index in [-0.39, 0.29) is 12.0 Å². The summed E-state index contributed by atoms with van der Waals surface area (Å²) in [4.78, 5) is 27.0. The molecule has 108 valence electrons. The molecule has 0 saturated carbocycles. The summed E-state index contributed by atoms with van der Waals surface area (Å²) in [6, 6.07) is 7.50. The molecular formula is C15H13FN2O3. The predicted molar refractivity (Wildman–Crippen MR) is 73.2 cm³/mol. The van der Waals surface area contributed by atoms with Crippen molar-refractivity contribution in [1.29, 1.82) is 0 Å². The normalized spacial score (nSPS) is 11.7. The zero-order chi connectivity index (χ0) is 15.2. The van der Waals surface area contributed by atoms with Crippen LogP contribution < -0.4 is 5.32 Å². The van der Waals surface area contributed by atoms with Gasteiger partial charge in [0.1, 0.15) is 11.9 Å². The summed E-state index contributed by atoms with van der Waals surface area (Å²) in [5.41, 5.74) is 0.901. The first-order chi connectivity index (χ1) is 10.1. The van der Waals surface area contributed by atoms with Crippen LogP contribution in [0.25, 0.3) is 0 Å². The number of rotatable bonds is 5. The Bertz CT molecular complexity index is 629. The number of carboxylic acids is 1. The number of nitrogens with zero attached hydrogens (tertiary/aromatic N) is 1. The van der Waals surface area contributed by atoms with Crippen LogP contribution in [0.15, 0.2) is 48.8 Å². The summed E-state index contributed by atoms with van der Waals surface area (Å²) < 4.78 is 12.8. The Balaban J connectivity index is 2.07. The molecule has 0 aliphatic carbocycles. The summed E-state index contributed by atoms with van der Waals surface area (Å²) in [5, 5.41) is 11.6. The summed E-state index contributed by atoms with van der Waals surface area (Å²) in [6.07, 6.45) is 2.94. The van der Waals surface area contributed by atoms with Crippen LogP contribution in [0.5, 0.6) is 0 Å². The highest BCUT2D eigenvalue weighted by atomic mass is 19.1. The molecule has 2 rings (SSSR count). The highest BCUT2D eigenvalue weighted by molar-refractivity contribution is 5.96. The number of hydrogen-bond donors (Lipinski definition) is 2. The lowest BCUT2D eigenvalue weighted by Gasteiger charge is -2.14. The molecule has 0 bridgehead atoms. The average molecular weight is 288 g/mol. The molecule has 5 nitrogen and oxygen atoms in total. The van der Waals surface area contributed by atoms with Gasteiger partial charge in [-0.05, 0) is 29.8 Å². The third kappa shape index (κ3) is 4.10. The van der Waals surface area contributed by atoms with Gasteiger partial charge in [-0.2, -0.15) is 0 Å². The molecule has 0 aliphatic rings. The fourth-order valence-corrected chi connectivity index (χ4v) is 1.79. The molecule has 21 heavy (non-hydrogen) atoms. The Kier molecular flexibility index (Phi) is 4.61. The van der Waals surface area contributed by atoms with E-state index in [2.05, 4.69) is 10.3 Å². The molecule has 0 fully saturated rings. The van der Waals surface area contributed by atoms with Gasteiger partial charge in [0, 0.05) is 18.8 Å². The summed E-state index contributed by atoms with van der Waals surface area (Å²) in [5.74, 6) is -2.07. The Labute approximate surface area is 120 Å². The number of aliphatic carboxylic acids is 1.